The number of nitrogens with zero attached hydrogens (tertiary/aromatic N) is 2. The number of alkyl halides is 1. The van der Waals surface area contributed by atoms with Crippen LogP contribution in [0.2, 0.25) is 0 Å². The van der Waals surface area contributed by atoms with Gasteiger partial charge in [0.25, 0.3) is 0 Å². The van der Waals surface area contributed by atoms with Gasteiger partial charge in [0.15, 0.2) is 8.07 Å². The number of hydrogen-bond donors (Lipinski definition) is 0. The van der Waals surface area contributed by atoms with Gasteiger partial charge in [0.1, 0.15) is 0 Å². The molecule has 7 aromatic rings. The molecule has 0 saturated heterocycles. The number of benzene rings is 7. The van der Waals surface area contributed by atoms with Crippen molar-refractivity contribution in [2.45, 2.75) is 84.9 Å². The van der Waals surface area contributed by atoms with Crippen molar-refractivity contribution in [1.82, 2.24) is 0 Å². The lowest BCUT2D eigenvalue weighted by molar-refractivity contribution is 0.590. The number of halogens is 1. The third-order valence-electron chi connectivity index (χ3n) is 13.7. The second-order valence-electron chi connectivity index (χ2n) is 20.2. The lowest BCUT2D eigenvalue weighted by atomic mass is 9.84. The molecule has 0 aliphatic heterocycles. The summed E-state index contributed by atoms with van der Waals surface area (Å²) < 4.78 is 0. The molecule has 8 rings (SSSR count). The summed E-state index contributed by atoms with van der Waals surface area (Å²) in [6.45, 7) is 21.1. The molecule has 0 heterocycles. The molecule has 0 N–H and O–H groups in total. The second-order valence-corrected chi connectivity index (χ2v) is 24.7. The summed E-state index contributed by atoms with van der Waals surface area (Å²) in [5.41, 5.74) is 12.2. The molecule has 2 atom stereocenters. The average Bonchev–Trinajstić information content (AvgIpc) is 3.33. The summed E-state index contributed by atoms with van der Waals surface area (Å²) in [5.74, 6) is 0.440. The molecular formula is C63H67ClN2Si. The zero-order valence-electron chi connectivity index (χ0n) is 41.0. The maximum atomic E-state index is 7.66. The van der Waals surface area contributed by atoms with E-state index in [-0.39, 0.29) is 16.2 Å². The highest BCUT2D eigenvalue weighted by molar-refractivity contribution is 7.16. The van der Waals surface area contributed by atoms with Crippen molar-refractivity contribution < 1.29 is 0 Å². The van der Waals surface area contributed by atoms with Gasteiger partial charge in [-0.1, -0.05) is 218 Å². The van der Waals surface area contributed by atoms with Crippen LogP contribution in [0.5, 0.6) is 0 Å². The van der Waals surface area contributed by atoms with Crippen LogP contribution in [-0.4, -0.2) is 20.0 Å². The molecule has 0 amide bonds. The molecule has 0 saturated carbocycles. The van der Waals surface area contributed by atoms with Gasteiger partial charge in [0.05, 0.1) is 0 Å². The Hall–Kier alpha value is -6.13. The highest BCUT2D eigenvalue weighted by Gasteiger charge is 2.44. The summed E-state index contributed by atoms with van der Waals surface area (Å²) in [6, 6.07) is 69.8. The SMILES string of the molecule is CC[C@@H](C)C1=C(N(c2ccc(C(C)(C)C)cc2)c2cccc(N(C/C=C(\[C@@H](C)Cl)[Si](c3ccccc3)(c3ccccc3)c3ccccc3)c3ccc(C(C)(C)C)cc3-c3ccccc3)c2)C=C1. The van der Waals surface area contributed by atoms with Crippen LogP contribution in [0.25, 0.3) is 11.1 Å². The quantitative estimate of drug-likeness (QED) is 0.0574. The number of anilines is 4. The smallest absolute Gasteiger partial charge is 0.176 e. The van der Waals surface area contributed by atoms with Crippen LogP contribution in [0.15, 0.2) is 223 Å². The van der Waals surface area contributed by atoms with Crippen LogP contribution in [-0.2, 0) is 10.8 Å². The maximum absolute atomic E-state index is 7.66. The Morgan fingerprint density at radius 2 is 1.06 bits per heavy atom. The van der Waals surface area contributed by atoms with Crippen LogP contribution in [0.3, 0.4) is 0 Å². The van der Waals surface area contributed by atoms with E-state index in [1.807, 2.05) is 0 Å². The average molecular weight is 916 g/mol. The van der Waals surface area contributed by atoms with Crippen LogP contribution in [0, 0.1) is 5.92 Å². The van der Waals surface area contributed by atoms with Crippen molar-refractivity contribution in [1.29, 1.82) is 0 Å². The Labute approximate surface area is 408 Å². The fraction of sp³-hybridized carbons (Fsp3) is 0.238. The third kappa shape index (κ3) is 9.82. The van der Waals surface area contributed by atoms with Gasteiger partial charge in [-0.3, -0.25) is 0 Å². The number of hydrogen-bond acceptors (Lipinski definition) is 2. The Kier molecular flexibility index (Phi) is 14.1. The zero-order valence-corrected chi connectivity index (χ0v) is 42.7. The first-order chi connectivity index (χ1) is 32.2. The lowest BCUT2D eigenvalue weighted by Crippen LogP contribution is -2.69. The van der Waals surface area contributed by atoms with E-state index >= 15 is 0 Å². The topological polar surface area (TPSA) is 6.48 Å². The molecular weight excluding hydrogens is 848 g/mol. The summed E-state index contributed by atoms with van der Waals surface area (Å²) >= 11 is 7.66. The largest absolute Gasteiger partial charge is 0.337 e. The van der Waals surface area contributed by atoms with E-state index < -0.39 is 8.07 Å². The highest BCUT2D eigenvalue weighted by atomic mass is 35.5. The molecule has 1 aliphatic rings. The van der Waals surface area contributed by atoms with Crippen LogP contribution in [0.4, 0.5) is 22.7 Å². The maximum Gasteiger partial charge on any atom is 0.176 e. The normalized spacial score (nSPS) is 14.1. The van der Waals surface area contributed by atoms with Crippen LogP contribution < -0.4 is 25.4 Å². The zero-order chi connectivity index (χ0) is 47.3. The summed E-state index contributed by atoms with van der Waals surface area (Å²) in [6.07, 6.45) is 8.16. The van der Waals surface area contributed by atoms with Gasteiger partial charge in [-0.15, -0.1) is 11.6 Å². The van der Waals surface area contributed by atoms with Crippen molar-refractivity contribution >= 4 is 58.0 Å². The summed E-state index contributed by atoms with van der Waals surface area (Å²) in [4.78, 5) is 5.00. The van der Waals surface area contributed by atoms with Gasteiger partial charge in [-0.25, -0.2) is 0 Å². The van der Waals surface area contributed by atoms with Crippen molar-refractivity contribution in [3.05, 3.63) is 234 Å². The van der Waals surface area contributed by atoms with E-state index in [0.717, 1.165) is 29.2 Å². The van der Waals surface area contributed by atoms with Crippen molar-refractivity contribution in [3.8, 4) is 11.1 Å². The predicted molar refractivity (Wildman–Crippen MR) is 294 cm³/mol. The summed E-state index contributed by atoms with van der Waals surface area (Å²) in [5, 5.41) is 4.93. The Bertz CT molecular complexity index is 2750. The van der Waals surface area contributed by atoms with E-state index in [1.54, 1.807) is 0 Å². The molecule has 1 aliphatic carbocycles. The van der Waals surface area contributed by atoms with Crippen LogP contribution in [0.1, 0.15) is 79.9 Å². The molecule has 0 unspecified atom stereocenters. The van der Waals surface area contributed by atoms with E-state index in [1.165, 1.54) is 54.3 Å². The highest BCUT2D eigenvalue weighted by Crippen LogP contribution is 2.43. The first-order valence-corrected chi connectivity index (χ1v) is 26.6. The van der Waals surface area contributed by atoms with E-state index in [4.69, 9.17) is 11.6 Å². The Morgan fingerprint density at radius 3 is 1.54 bits per heavy atom. The first kappa shape index (κ1) is 47.4. The second kappa shape index (κ2) is 20.0. The molecule has 0 aromatic heterocycles. The number of allylic oxidation sites excluding steroid dienone is 4. The standard InChI is InChI=1S/C63H67ClN2Si/c1-10-46(2)57-39-41-60(57)66(51-37-34-49(35-38-51)62(4,5)6)53-27-23-26-52(45-53)65(59-40-36-50(63(7,8)9)44-58(59)48-24-15-11-16-25-48)43-42-61(47(3)64)67(54-28-17-12-18-29-54,55-30-19-13-20-31-55)56-32-21-14-22-33-56/h11-42,44-47H,10,43H2,1-9H3/b61-42+/t46-,47-/m1/s1. The summed E-state index contributed by atoms with van der Waals surface area (Å²) in [7, 11) is -2.94. The molecule has 0 bridgehead atoms. The monoisotopic (exact) mass is 914 g/mol. The lowest BCUT2D eigenvalue weighted by Gasteiger charge is -2.38. The molecule has 4 heteroatoms. The minimum absolute atomic E-state index is 0.0411. The van der Waals surface area contributed by atoms with Gasteiger partial charge in [0, 0.05) is 45.9 Å². The van der Waals surface area contributed by atoms with Crippen molar-refractivity contribution in [3.63, 3.8) is 0 Å². The molecule has 7 aromatic carbocycles. The van der Waals surface area contributed by atoms with E-state index in [2.05, 4.69) is 278 Å². The number of rotatable bonds is 15. The minimum Gasteiger partial charge on any atom is -0.337 e. The fourth-order valence-corrected chi connectivity index (χ4v) is 15.4. The third-order valence-corrected chi connectivity index (χ3v) is 19.2. The van der Waals surface area contributed by atoms with Gasteiger partial charge in [-0.05, 0) is 116 Å². The van der Waals surface area contributed by atoms with Gasteiger partial charge >= 0.3 is 0 Å². The van der Waals surface area contributed by atoms with E-state index in [9.17, 15) is 0 Å². The molecule has 340 valence electrons. The molecule has 67 heavy (non-hydrogen) atoms. The van der Waals surface area contributed by atoms with Crippen molar-refractivity contribution in [2.75, 3.05) is 16.3 Å². The molecule has 0 radical (unpaired) electrons. The minimum atomic E-state index is -2.94. The van der Waals surface area contributed by atoms with Gasteiger partial charge in [-0.2, -0.15) is 0 Å². The van der Waals surface area contributed by atoms with Crippen molar-refractivity contribution in [2.24, 2.45) is 5.92 Å². The predicted octanol–water partition coefficient (Wildman–Crippen LogP) is 15.4. The molecule has 0 spiro atoms. The van der Waals surface area contributed by atoms with Gasteiger partial charge < -0.3 is 9.80 Å². The molecule has 0 fully saturated rings. The first-order valence-electron chi connectivity index (χ1n) is 24.1. The Balaban J connectivity index is 1.38. The molecule has 2 nitrogen and oxygen atoms in total. The van der Waals surface area contributed by atoms with Gasteiger partial charge in [0.2, 0.25) is 0 Å². The van der Waals surface area contributed by atoms with E-state index in [0.29, 0.717) is 12.5 Å². The Morgan fingerprint density at radius 1 is 0.552 bits per heavy atom. The van der Waals surface area contributed by atoms with Crippen LogP contribution >= 0.6 is 11.6 Å². The fourth-order valence-electron chi connectivity index (χ4n) is 9.73.